The van der Waals surface area contributed by atoms with Crippen molar-refractivity contribution in [3.05, 3.63) is 23.7 Å². The zero-order valence-corrected chi connectivity index (χ0v) is 10.8. The number of sulfone groups is 1. The van der Waals surface area contributed by atoms with E-state index in [1.807, 2.05) is 23.6 Å². The van der Waals surface area contributed by atoms with Crippen molar-refractivity contribution >= 4 is 9.84 Å². The average Bonchev–Trinajstić information content (AvgIpc) is 2.86. The fourth-order valence-electron chi connectivity index (χ4n) is 2.07. The lowest BCUT2D eigenvalue weighted by Gasteiger charge is -2.03. The van der Waals surface area contributed by atoms with E-state index in [1.54, 1.807) is 0 Å². The molecule has 0 amide bonds. The van der Waals surface area contributed by atoms with Crippen LogP contribution in [0, 0.1) is 6.92 Å². The maximum absolute atomic E-state index is 11.6. The molecule has 0 N–H and O–H groups in total. The van der Waals surface area contributed by atoms with E-state index in [9.17, 15) is 8.42 Å². The Balaban J connectivity index is 2.03. The molecule has 0 aliphatic carbocycles. The molecule has 0 atom stereocenters. The number of hydrogen-bond donors (Lipinski definition) is 0. The molecule has 3 rings (SSSR count). The summed E-state index contributed by atoms with van der Waals surface area (Å²) in [5.41, 5.74) is 0. The Morgan fingerprint density at radius 3 is 2.83 bits per heavy atom. The van der Waals surface area contributed by atoms with Gasteiger partial charge in [-0.2, -0.15) is 0 Å². The van der Waals surface area contributed by atoms with Crippen LogP contribution in [0.2, 0.25) is 0 Å². The molecule has 7 heteroatoms. The van der Waals surface area contributed by atoms with Crippen LogP contribution in [-0.2, 0) is 22.8 Å². The average molecular weight is 267 g/mol. The molecule has 0 bridgehead atoms. The van der Waals surface area contributed by atoms with Crippen molar-refractivity contribution in [2.45, 2.75) is 19.9 Å². The zero-order valence-electron chi connectivity index (χ0n) is 9.96. The summed E-state index contributed by atoms with van der Waals surface area (Å²) in [7, 11) is -2.97. The summed E-state index contributed by atoms with van der Waals surface area (Å²) in [5.74, 6) is 3.01. The highest BCUT2D eigenvalue weighted by molar-refractivity contribution is 7.91. The Morgan fingerprint density at radius 1 is 1.28 bits per heavy atom. The van der Waals surface area contributed by atoms with Crippen LogP contribution in [0.15, 0.2) is 16.5 Å². The summed E-state index contributed by atoms with van der Waals surface area (Å²) >= 11 is 0. The lowest BCUT2D eigenvalue weighted by molar-refractivity contribution is 0.538. The molecule has 0 spiro atoms. The number of nitrogens with zero attached hydrogens (tertiary/aromatic N) is 3. The first kappa shape index (κ1) is 11.5. The summed E-state index contributed by atoms with van der Waals surface area (Å²) in [4.78, 5) is 0. The largest absolute Gasteiger partial charge is 0.458 e. The van der Waals surface area contributed by atoms with Crippen LogP contribution < -0.4 is 0 Å². The van der Waals surface area contributed by atoms with Crippen LogP contribution in [0.25, 0.3) is 11.6 Å². The molecule has 2 aromatic heterocycles. The van der Waals surface area contributed by atoms with E-state index in [4.69, 9.17) is 4.42 Å². The molecule has 0 unspecified atom stereocenters. The summed E-state index contributed by atoms with van der Waals surface area (Å²) in [6.45, 7) is 2.24. The minimum atomic E-state index is -2.97. The van der Waals surface area contributed by atoms with Crippen molar-refractivity contribution in [3.63, 3.8) is 0 Å². The normalized spacial score (nSPS) is 18.3. The molecule has 18 heavy (non-hydrogen) atoms. The third kappa shape index (κ3) is 1.94. The lowest BCUT2D eigenvalue weighted by Crippen LogP contribution is -2.12. The van der Waals surface area contributed by atoms with E-state index in [1.165, 1.54) is 0 Å². The van der Waals surface area contributed by atoms with E-state index in [0.29, 0.717) is 30.4 Å². The summed E-state index contributed by atoms with van der Waals surface area (Å²) < 4.78 is 30.6. The summed E-state index contributed by atoms with van der Waals surface area (Å²) in [6.07, 6.45) is 0.412. The maximum atomic E-state index is 11.6. The Bertz CT molecular complexity index is 684. The molecule has 3 heterocycles. The Morgan fingerprint density at radius 2 is 2.11 bits per heavy atom. The van der Waals surface area contributed by atoms with Gasteiger partial charge < -0.3 is 8.98 Å². The standard InChI is InChI=1S/C11H13N3O3S/c1-8-2-3-9(17-8)11-13-12-10-4-6-18(15,16)7-5-14(10)11/h2-3H,4-7H2,1H3. The number of aryl methyl sites for hydroxylation is 2. The van der Waals surface area contributed by atoms with Crippen LogP contribution in [0.3, 0.4) is 0 Å². The second-order valence-corrected chi connectivity index (χ2v) is 6.71. The fourth-order valence-corrected chi connectivity index (χ4v) is 3.23. The second-order valence-electron chi connectivity index (χ2n) is 4.40. The van der Waals surface area contributed by atoms with Crippen molar-refractivity contribution in [1.82, 2.24) is 14.8 Å². The van der Waals surface area contributed by atoms with E-state index >= 15 is 0 Å². The number of hydrogen-bond acceptors (Lipinski definition) is 5. The number of furan rings is 1. The molecule has 6 nitrogen and oxygen atoms in total. The SMILES string of the molecule is Cc1ccc(-c2nnc3n2CCS(=O)(=O)CC3)o1. The molecule has 0 fully saturated rings. The molecule has 0 aromatic carbocycles. The zero-order chi connectivity index (χ0) is 12.8. The minimum absolute atomic E-state index is 0.130. The van der Waals surface area contributed by atoms with E-state index < -0.39 is 9.84 Å². The first-order valence-electron chi connectivity index (χ1n) is 5.74. The third-order valence-corrected chi connectivity index (χ3v) is 4.68. The van der Waals surface area contributed by atoms with Crippen molar-refractivity contribution < 1.29 is 12.8 Å². The van der Waals surface area contributed by atoms with Crippen LogP contribution in [-0.4, -0.2) is 34.7 Å². The van der Waals surface area contributed by atoms with Gasteiger partial charge in [0.2, 0.25) is 0 Å². The van der Waals surface area contributed by atoms with Gasteiger partial charge in [-0.05, 0) is 19.1 Å². The quantitative estimate of drug-likeness (QED) is 0.764. The number of rotatable bonds is 1. The Hall–Kier alpha value is -1.63. The maximum Gasteiger partial charge on any atom is 0.199 e. The highest BCUT2D eigenvalue weighted by Crippen LogP contribution is 2.22. The van der Waals surface area contributed by atoms with Gasteiger partial charge in [-0.1, -0.05) is 0 Å². The predicted molar refractivity (Wildman–Crippen MR) is 64.8 cm³/mol. The van der Waals surface area contributed by atoms with Gasteiger partial charge in [0.25, 0.3) is 0 Å². The molecule has 2 aromatic rings. The highest BCUT2D eigenvalue weighted by atomic mass is 32.2. The van der Waals surface area contributed by atoms with E-state index in [0.717, 1.165) is 5.76 Å². The van der Waals surface area contributed by atoms with Gasteiger partial charge in [0.15, 0.2) is 21.4 Å². The third-order valence-electron chi connectivity index (χ3n) is 3.05. The molecule has 1 aliphatic rings. The lowest BCUT2D eigenvalue weighted by atomic mass is 10.4. The fraction of sp³-hybridized carbons (Fsp3) is 0.455. The Kier molecular flexibility index (Phi) is 2.51. The monoisotopic (exact) mass is 267 g/mol. The van der Waals surface area contributed by atoms with Crippen LogP contribution >= 0.6 is 0 Å². The molecular weight excluding hydrogens is 254 g/mol. The molecule has 1 aliphatic heterocycles. The molecular formula is C11H13N3O3S. The molecule has 0 saturated carbocycles. The van der Waals surface area contributed by atoms with Crippen LogP contribution in [0.1, 0.15) is 11.6 Å². The van der Waals surface area contributed by atoms with E-state index in [2.05, 4.69) is 10.2 Å². The van der Waals surface area contributed by atoms with Crippen molar-refractivity contribution in [1.29, 1.82) is 0 Å². The van der Waals surface area contributed by atoms with Crippen LogP contribution in [0.4, 0.5) is 0 Å². The van der Waals surface area contributed by atoms with Gasteiger partial charge in [0, 0.05) is 13.0 Å². The first-order valence-corrected chi connectivity index (χ1v) is 7.57. The highest BCUT2D eigenvalue weighted by Gasteiger charge is 2.23. The number of aromatic nitrogens is 3. The van der Waals surface area contributed by atoms with Crippen molar-refractivity contribution in [2.24, 2.45) is 0 Å². The van der Waals surface area contributed by atoms with Crippen molar-refractivity contribution in [3.8, 4) is 11.6 Å². The van der Waals surface area contributed by atoms with Gasteiger partial charge in [0.1, 0.15) is 11.6 Å². The molecule has 0 saturated heterocycles. The van der Waals surface area contributed by atoms with Gasteiger partial charge in [-0.25, -0.2) is 8.42 Å². The minimum Gasteiger partial charge on any atom is -0.458 e. The van der Waals surface area contributed by atoms with Gasteiger partial charge >= 0.3 is 0 Å². The first-order chi connectivity index (χ1) is 8.55. The second kappa shape index (κ2) is 3.94. The number of fused-ring (bicyclic) bond motifs is 1. The molecule has 0 radical (unpaired) electrons. The van der Waals surface area contributed by atoms with Crippen molar-refractivity contribution in [2.75, 3.05) is 11.5 Å². The Labute approximate surface area is 105 Å². The summed E-state index contributed by atoms with van der Waals surface area (Å²) in [6, 6.07) is 3.68. The van der Waals surface area contributed by atoms with E-state index in [-0.39, 0.29) is 11.5 Å². The van der Waals surface area contributed by atoms with Crippen LogP contribution in [0.5, 0.6) is 0 Å². The van der Waals surface area contributed by atoms with Gasteiger partial charge in [-0.15, -0.1) is 10.2 Å². The predicted octanol–water partition coefficient (Wildman–Crippen LogP) is 0.817. The smallest absolute Gasteiger partial charge is 0.199 e. The van der Waals surface area contributed by atoms with Gasteiger partial charge in [0.05, 0.1) is 11.5 Å². The topological polar surface area (TPSA) is 78.0 Å². The molecule has 96 valence electrons. The summed E-state index contributed by atoms with van der Waals surface area (Å²) in [5, 5.41) is 8.15. The van der Waals surface area contributed by atoms with Gasteiger partial charge in [-0.3, -0.25) is 0 Å².